The molecule has 1 N–H and O–H groups in total. The molecule has 0 fully saturated rings. The van der Waals surface area contributed by atoms with E-state index < -0.39 is 0 Å². The molecule has 14 heavy (non-hydrogen) atoms. The first-order chi connectivity index (χ1) is 6.76. The molecule has 0 amide bonds. The van der Waals surface area contributed by atoms with Crippen LogP contribution in [0.4, 0.5) is 0 Å². The summed E-state index contributed by atoms with van der Waals surface area (Å²) in [7, 11) is 0. The molecule has 3 heteroatoms. The molecule has 2 unspecified atom stereocenters. The van der Waals surface area contributed by atoms with E-state index >= 15 is 0 Å². The van der Waals surface area contributed by atoms with Crippen LogP contribution in [0, 0.1) is 11.3 Å². The lowest BCUT2D eigenvalue weighted by atomic mass is 10.1. The Labute approximate surface area is 89.6 Å². The normalized spacial score (nSPS) is 14.6. The maximum Gasteiger partial charge on any atom is 0.0952 e. The average molecular weight is 208 g/mol. The van der Waals surface area contributed by atoms with E-state index in [0.29, 0.717) is 6.04 Å². The Morgan fingerprint density at radius 1 is 1.64 bits per heavy atom. The summed E-state index contributed by atoms with van der Waals surface area (Å²) >= 11 is 1.72. The zero-order chi connectivity index (χ0) is 10.4. The van der Waals surface area contributed by atoms with Crippen molar-refractivity contribution in [1.29, 1.82) is 5.26 Å². The van der Waals surface area contributed by atoms with E-state index in [1.54, 1.807) is 11.3 Å². The number of hydrogen-bond donors (Lipinski definition) is 1. The molecule has 1 aromatic rings. The van der Waals surface area contributed by atoms with Crippen LogP contribution in [0.5, 0.6) is 0 Å². The van der Waals surface area contributed by atoms with Crippen LogP contribution in [0.15, 0.2) is 16.8 Å². The molecule has 1 heterocycles. The van der Waals surface area contributed by atoms with Crippen LogP contribution in [0.2, 0.25) is 0 Å². The molecular weight excluding hydrogens is 192 g/mol. The van der Waals surface area contributed by atoms with Gasteiger partial charge in [0, 0.05) is 6.04 Å². The highest BCUT2D eigenvalue weighted by atomic mass is 32.1. The summed E-state index contributed by atoms with van der Waals surface area (Å²) in [6.07, 6.45) is 1.87. The summed E-state index contributed by atoms with van der Waals surface area (Å²) in [5.41, 5.74) is 1.35. The van der Waals surface area contributed by atoms with Gasteiger partial charge in [0.1, 0.15) is 0 Å². The lowest BCUT2D eigenvalue weighted by molar-refractivity contribution is 0.491. The van der Waals surface area contributed by atoms with Gasteiger partial charge < -0.3 is 0 Å². The van der Waals surface area contributed by atoms with Crippen LogP contribution >= 0.6 is 11.3 Å². The van der Waals surface area contributed by atoms with Crippen LogP contribution in [-0.4, -0.2) is 12.1 Å². The Morgan fingerprint density at radius 3 is 2.93 bits per heavy atom. The van der Waals surface area contributed by atoms with Crippen molar-refractivity contribution in [2.24, 2.45) is 0 Å². The minimum Gasteiger partial charge on any atom is -0.299 e. The molecule has 2 atom stereocenters. The van der Waals surface area contributed by atoms with E-state index in [9.17, 15) is 0 Å². The van der Waals surface area contributed by atoms with Gasteiger partial charge in [-0.2, -0.15) is 16.6 Å². The Hall–Kier alpha value is -0.850. The molecule has 0 aliphatic heterocycles. The van der Waals surface area contributed by atoms with Crippen molar-refractivity contribution < 1.29 is 0 Å². The molecule has 0 saturated carbocycles. The summed E-state index contributed by atoms with van der Waals surface area (Å²) in [5.74, 6) is 0. The van der Waals surface area contributed by atoms with Crippen molar-refractivity contribution in [3.8, 4) is 6.07 Å². The molecule has 0 spiro atoms. The molecule has 1 rings (SSSR count). The van der Waals surface area contributed by atoms with Gasteiger partial charge in [0.05, 0.1) is 12.1 Å². The third kappa shape index (κ3) is 3.49. The number of nitrogens with one attached hydrogen (secondary N) is 1. The summed E-state index contributed by atoms with van der Waals surface area (Å²) in [4.78, 5) is 0. The van der Waals surface area contributed by atoms with Crippen LogP contribution in [-0.2, 0) is 6.42 Å². The van der Waals surface area contributed by atoms with E-state index in [2.05, 4.69) is 35.1 Å². The van der Waals surface area contributed by atoms with E-state index in [0.717, 1.165) is 12.8 Å². The number of hydrogen-bond acceptors (Lipinski definition) is 3. The molecule has 0 saturated heterocycles. The summed E-state index contributed by atoms with van der Waals surface area (Å²) in [6, 6.07) is 4.75. The minimum absolute atomic E-state index is 0.0105. The molecular formula is C11H16N2S. The molecule has 0 bridgehead atoms. The fourth-order valence-corrected chi connectivity index (χ4v) is 2.09. The molecule has 0 aromatic carbocycles. The first-order valence-electron chi connectivity index (χ1n) is 4.93. The van der Waals surface area contributed by atoms with Gasteiger partial charge in [-0.05, 0) is 42.2 Å². The van der Waals surface area contributed by atoms with Crippen molar-refractivity contribution in [3.05, 3.63) is 22.4 Å². The fourth-order valence-electron chi connectivity index (χ4n) is 1.41. The lowest BCUT2D eigenvalue weighted by Crippen LogP contribution is -2.36. The number of thiophene rings is 1. The summed E-state index contributed by atoms with van der Waals surface area (Å²) in [6.45, 7) is 4.15. The van der Waals surface area contributed by atoms with E-state index in [4.69, 9.17) is 5.26 Å². The van der Waals surface area contributed by atoms with Gasteiger partial charge in [0.25, 0.3) is 0 Å². The van der Waals surface area contributed by atoms with E-state index in [1.807, 2.05) is 6.92 Å². The van der Waals surface area contributed by atoms with Gasteiger partial charge in [0.2, 0.25) is 0 Å². The Balaban J connectivity index is 2.36. The highest BCUT2D eigenvalue weighted by Crippen LogP contribution is 2.09. The first-order valence-corrected chi connectivity index (χ1v) is 5.87. The average Bonchev–Trinajstić information content (AvgIpc) is 2.66. The standard InChI is InChI=1S/C11H16N2S/c1-3-11(7-12)13-9(2)6-10-4-5-14-8-10/h4-5,8-9,11,13H,3,6H2,1-2H3. The van der Waals surface area contributed by atoms with E-state index in [1.165, 1.54) is 5.56 Å². The number of rotatable bonds is 5. The largest absolute Gasteiger partial charge is 0.299 e. The van der Waals surface area contributed by atoms with Gasteiger partial charge in [-0.15, -0.1) is 0 Å². The molecule has 0 aliphatic rings. The quantitative estimate of drug-likeness (QED) is 0.807. The maximum absolute atomic E-state index is 8.79. The zero-order valence-corrected chi connectivity index (χ0v) is 9.47. The number of nitriles is 1. The predicted molar refractivity (Wildman–Crippen MR) is 60.3 cm³/mol. The van der Waals surface area contributed by atoms with Gasteiger partial charge >= 0.3 is 0 Å². The first kappa shape index (κ1) is 11.2. The third-order valence-electron chi connectivity index (χ3n) is 2.17. The lowest BCUT2D eigenvalue weighted by Gasteiger charge is -2.16. The molecule has 0 radical (unpaired) electrons. The highest BCUT2D eigenvalue weighted by Gasteiger charge is 2.09. The highest BCUT2D eigenvalue weighted by molar-refractivity contribution is 7.07. The maximum atomic E-state index is 8.79. The van der Waals surface area contributed by atoms with Crippen molar-refractivity contribution in [1.82, 2.24) is 5.32 Å². The van der Waals surface area contributed by atoms with E-state index in [-0.39, 0.29) is 6.04 Å². The van der Waals surface area contributed by atoms with Crippen molar-refractivity contribution in [2.75, 3.05) is 0 Å². The topological polar surface area (TPSA) is 35.8 Å². The van der Waals surface area contributed by atoms with Crippen LogP contribution in [0.25, 0.3) is 0 Å². The van der Waals surface area contributed by atoms with Crippen LogP contribution in [0.3, 0.4) is 0 Å². The molecule has 76 valence electrons. The van der Waals surface area contributed by atoms with Crippen molar-refractivity contribution in [3.63, 3.8) is 0 Å². The molecule has 0 aliphatic carbocycles. The summed E-state index contributed by atoms with van der Waals surface area (Å²) < 4.78 is 0. The van der Waals surface area contributed by atoms with Gasteiger partial charge in [-0.3, -0.25) is 5.32 Å². The number of nitrogens with zero attached hydrogens (tertiary/aromatic N) is 1. The van der Waals surface area contributed by atoms with Gasteiger partial charge in [-0.1, -0.05) is 6.92 Å². The summed E-state index contributed by atoms with van der Waals surface area (Å²) in [5, 5.41) is 16.3. The SMILES string of the molecule is CCC(C#N)NC(C)Cc1ccsc1. The monoisotopic (exact) mass is 208 g/mol. The fraction of sp³-hybridized carbons (Fsp3) is 0.545. The second kappa shape index (κ2) is 5.79. The van der Waals surface area contributed by atoms with Crippen LogP contribution in [0.1, 0.15) is 25.8 Å². The van der Waals surface area contributed by atoms with Crippen molar-refractivity contribution in [2.45, 2.75) is 38.8 Å². The zero-order valence-electron chi connectivity index (χ0n) is 8.66. The third-order valence-corrected chi connectivity index (χ3v) is 2.90. The van der Waals surface area contributed by atoms with Crippen LogP contribution < -0.4 is 5.32 Å². The van der Waals surface area contributed by atoms with Gasteiger partial charge in [0.15, 0.2) is 0 Å². The Kier molecular flexibility index (Phi) is 4.64. The van der Waals surface area contributed by atoms with Crippen molar-refractivity contribution >= 4 is 11.3 Å². The Morgan fingerprint density at radius 2 is 2.43 bits per heavy atom. The molecule has 2 nitrogen and oxygen atoms in total. The van der Waals surface area contributed by atoms with Gasteiger partial charge in [-0.25, -0.2) is 0 Å². The minimum atomic E-state index is -0.0105. The smallest absolute Gasteiger partial charge is 0.0952 e. The Bertz CT molecular complexity index is 287. The predicted octanol–water partition coefficient (Wildman–Crippen LogP) is 2.57. The molecule has 1 aromatic heterocycles. The second-order valence-corrected chi connectivity index (χ2v) is 4.27. The second-order valence-electron chi connectivity index (χ2n) is 3.49.